The second kappa shape index (κ2) is 5.27. The lowest BCUT2D eigenvalue weighted by molar-refractivity contribution is 0.628. The third-order valence-corrected chi connectivity index (χ3v) is 1.84. The average Bonchev–Trinajstić information content (AvgIpc) is 2.15. The Balaban J connectivity index is 2.76. The third-order valence-electron chi connectivity index (χ3n) is 1.51. The van der Waals surface area contributed by atoms with Gasteiger partial charge < -0.3 is 0 Å². The van der Waals surface area contributed by atoms with Gasteiger partial charge in [0.2, 0.25) is 0 Å². The number of rotatable bonds is 3. The van der Waals surface area contributed by atoms with Crippen molar-refractivity contribution in [3.63, 3.8) is 0 Å². The van der Waals surface area contributed by atoms with Gasteiger partial charge in [0.15, 0.2) is 0 Å². The summed E-state index contributed by atoms with van der Waals surface area (Å²) in [7, 11) is 0. The largest absolute Gasteiger partial charge is 0.207 e. The Hall–Kier alpha value is -1.51. The number of benzene rings is 1. The number of nitrogens with zero attached hydrogens (tertiary/aromatic N) is 3. The molecule has 0 aromatic heterocycles. The lowest BCUT2D eigenvalue weighted by Crippen LogP contribution is -1.78. The SMILES string of the molecule is [N-]=[N+]=NCC=Cc1ccc(F)cc1Cl. The molecule has 0 aliphatic carbocycles. The van der Waals surface area contributed by atoms with E-state index >= 15 is 0 Å². The Morgan fingerprint density at radius 1 is 1.57 bits per heavy atom. The molecule has 0 unspecified atom stereocenters. The van der Waals surface area contributed by atoms with Crippen molar-refractivity contribution in [2.24, 2.45) is 5.11 Å². The third kappa shape index (κ3) is 3.09. The molecule has 5 heteroatoms. The molecule has 0 aliphatic heterocycles. The number of hydrogen-bond donors (Lipinski definition) is 0. The second-order valence-corrected chi connectivity index (χ2v) is 2.89. The van der Waals surface area contributed by atoms with E-state index in [4.69, 9.17) is 17.1 Å². The van der Waals surface area contributed by atoms with E-state index in [0.29, 0.717) is 10.6 Å². The van der Waals surface area contributed by atoms with Crippen molar-refractivity contribution in [2.45, 2.75) is 0 Å². The van der Waals surface area contributed by atoms with Gasteiger partial charge in [0.25, 0.3) is 0 Å². The Labute approximate surface area is 85.4 Å². The van der Waals surface area contributed by atoms with Gasteiger partial charge in [-0.1, -0.05) is 34.9 Å². The summed E-state index contributed by atoms with van der Waals surface area (Å²) in [6, 6.07) is 4.11. The smallest absolute Gasteiger partial charge is 0.124 e. The van der Waals surface area contributed by atoms with Gasteiger partial charge in [-0.25, -0.2) is 4.39 Å². The number of hydrogen-bond acceptors (Lipinski definition) is 1. The maximum absolute atomic E-state index is 12.6. The Morgan fingerprint density at radius 3 is 3.00 bits per heavy atom. The molecule has 1 rings (SSSR count). The van der Waals surface area contributed by atoms with Crippen LogP contribution in [0.4, 0.5) is 4.39 Å². The minimum Gasteiger partial charge on any atom is -0.207 e. The van der Waals surface area contributed by atoms with Crippen LogP contribution in [0.5, 0.6) is 0 Å². The highest BCUT2D eigenvalue weighted by molar-refractivity contribution is 6.32. The van der Waals surface area contributed by atoms with E-state index in [1.807, 2.05) is 0 Å². The first-order valence-corrected chi connectivity index (χ1v) is 4.24. The van der Waals surface area contributed by atoms with Crippen LogP contribution in [0.15, 0.2) is 29.4 Å². The van der Waals surface area contributed by atoms with Crippen LogP contribution in [-0.4, -0.2) is 6.54 Å². The highest BCUT2D eigenvalue weighted by Crippen LogP contribution is 2.18. The fourth-order valence-electron chi connectivity index (χ4n) is 0.900. The van der Waals surface area contributed by atoms with Gasteiger partial charge >= 0.3 is 0 Å². The molecule has 0 saturated carbocycles. The molecule has 0 N–H and O–H groups in total. The van der Waals surface area contributed by atoms with Crippen molar-refractivity contribution in [3.8, 4) is 0 Å². The molecular weight excluding hydrogens is 205 g/mol. The second-order valence-electron chi connectivity index (χ2n) is 2.48. The molecule has 14 heavy (non-hydrogen) atoms. The fraction of sp³-hybridized carbons (Fsp3) is 0.111. The molecule has 0 saturated heterocycles. The summed E-state index contributed by atoms with van der Waals surface area (Å²) >= 11 is 5.75. The predicted octanol–water partition coefficient (Wildman–Crippen LogP) is 3.80. The van der Waals surface area contributed by atoms with Gasteiger partial charge in [-0.15, -0.1) is 0 Å². The van der Waals surface area contributed by atoms with Crippen molar-refractivity contribution in [3.05, 3.63) is 51.1 Å². The first-order chi connectivity index (χ1) is 6.74. The molecule has 0 radical (unpaired) electrons. The molecule has 0 bridgehead atoms. The molecule has 0 amide bonds. The van der Waals surface area contributed by atoms with Crippen LogP contribution in [0.2, 0.25) is 5.02 Å². The maximum Gasteiger partial charge on any atom is 0.124 e. The number of azide groups is 1. The van der Waals surface area contributed by atoms with Crippen molar-refractivity contribution in [1.82, 2.24) is 0 Å². The van der Waals surface area contributed by atoms with Gasteiger partial charge in [0, 0.05) is 11.5 Å². The summed E-state index contributed by atoms with van der Waals surface area (Å²) in [4.78, 5) is 2.58. The van der Waals surface area contributed by atoms with E-state index in [2.05, 4.69) is 10.0 Å². The fourth-order valence-corrected chi connectivity index (χ4v) is 1.13. The van der Waals surface area contributed by atoms with E-state index < -0.39 is 0 Å². The van der Waals surface area contributed by atoms with Gasteiger partial charge in [-0.2, -0.15) is 0 Å². The van der Waals surface area contributed by atoms with Gasteiger partial charge in [0.1, 0.15) is 5.82 Å². The molecule has 0 fully saturated rings. The predicted molar refractivity (Wildman–Crippen MR) is 54.5 cm³/mol. The van der Waals surface area contributed by atoms with Crippen LogP contribution in [0.25, 0.3) is 16.5 Å². The molecular formula is C9H7ClFN3. The van der Waals surface area contributed by atoms with Crippen molar-refractivity contribution in [1.29, 1.82) is 0 Å². The highest BCUT2D eigenvalue weighted by Gasteiger charge is 1.97. The van der Waals surface area contributed by atoms with Crippen LogP contribution >= 0.6 is 11.6 Å². The summed E-state index contributed by atoms with van der Waals surface area (Å²) in [5.74, 6) is -0.373. The quantitative estimate of drug-likeness (QED) is 0.415. The van der Waals surface area contributed by atoms with Gasteiger partial charge in [0.05, 0.1) is 5.02 Å². The van der Waals surface area contributed by atoms with Gasteiger partial charge in [-0.3, -0.25) is 0 Å². The summed E-state index contributed by atoms with van der Waals surface area (Å²) < 4.78 is 12.6. The lowest BCUT2D eigenvalue weighted by Gasteiger charge is -1.96. The first-order valence-electron chi connectivity index (χ1n) is 3.86. The Morgan fingerprint density at radius 2 is 2.36 bits per heavy atom. The maximum atomic E-state index is 12.6. The molecule has 72 valence electrons. The summed E-state index contributed by atoms with van der Waals surface area (Å²) in [6.07, 6.45) is 3.33. The average molecular weight is 212 g/mol. The standard InChI is InChI=1S/C9H7ClFN3/c10-9-6-8(11)4-3-7(9)2-1-5-13-14-12/h1-4,6H,5H2. The van der Waals surface area contributed by atoms with E-state index in [0.717, 1.165) is 0 Å². The van der Waals surface area contributed by atoms with E-state index in [-0.39, 0.29) is 12.4 Å². The zero-order valence-electron chi connectivity index (χ0n) is 7.19. The van der Waals surface area contributed by atoms with Crippen LogP contribution in [0, 0.1) is 5.82 Å². The monoisotopic (exact) mass is 211 g/mol. The van der Waals surface area contributed by atoms with E-state index in [1.54, 1.807) is 18.2 Å². The minimum absolute atomic E-state index is 0.254. The van der Waals surface area contributed by atoms with E-state index in [1.165, 1.54) is 12.1 Å². The van der Waals surface area contributed by atoms with Crippen LogP contribution in [0.3, 0.4) is 0 Å². The van der Waals surface area contributed by atoms with E-state index in [9.17, 15) is 4.39 Å². The first kappa shape index (κ1) is 10.6. The molecule has 1 aromatic carbocycles. The molecule has 0 heterocycles. The molecule has 1 aromatic rings. The van der Waals surface area contributed by atoms with Crippen LogP contribution in [0.1, 0.15) is 5.56 Å². The van der Waals surface area contributed by atoms with Crippen molar-refractivity contribution >= 4 is 17.7 Å². The summed E-state index contributed by atoms with van der Waals surface area (Å²) in [6.45, 7) is 0.254. The zero-order valence-corrected chi connectivity index (χ0v) is 7.95. The van der Waals surface area contributed by atoms with Crippen LogP contribution in [-0.2, 0) is 0 Å². The molecule has 0 aliphatic rings. The summed E-state index contributed by atoms with van der Waals surface area (Å²) in [5.41, 5.74) is 8.70. The topological polar surface area (TPSA) is 48.8 Å². The zero-order chi connectivity index (χ0) is 10.4. The van der Waals surface area contributed by atoms with Crippen molar-refractivity contribution < 1.29 is 4.39 Å². The Kier molecular flexibility index (Phi) is 3.98. The summed E-state index contributed by atoms with van der Waals surface area (Å²) in [5, 5.41) is 3.65. The van der Waals surface area contributed by atoms with Crippen LogP contribution < -0.4 is 0 Å². The molecule has 0 spiro atoms. The Bertz CT molecular complexity index is 397. The van der Waals surface area contributed by atoms with Gasteiger partial charge in [-0.05, 0) is 23.2 Å². The van der Waals surface area contributed by atoms with Crippen molar-refractivity contribution in [2.75, 3.05) is 6.54 Å². The normalized spacial score (nSPS) is 10.1. The molecule has 0 atom stereocenters. The highest BCUT2D eigenvalue weighted by atomic mass is 35.5. The molecule has 3 nitrogen and oxygen atoms in total. The lowest BCUT2D eigenvalue weighted by atomic mass is 10.2. The number of halogens is 2. The minimum atomic E-state index is -0.373.